The fourth-order valence-electron chi connectivity index (χ4n) is 1.24. The molecule has 0 saturated heterocycles. The van der Waals surface area contributed by atoms with Crippen molar-refractivity contribution in [2.24, 2.45) is 0 Å². The van der Waals surface area contributed by atoms with Gasteiger partial charge in [0, 0.05) is 20.2 Å². The van der Waals surface area contributed by atoms with E-state index >= 15 is 0 Å². The minimum Gasteiger partial charge on any atom is -0.392 e. The molecule has 0 rings (SSSR count). The van der Waals surface area contributed by atoms with Gasteiger partial charge in [-0.2, -0.15) is 0 Å². The smallest absolute Gasteiger partial charge is 0.321 e. The van der Waals surface area contributed by atoms with Crippen LogP contribution in [0.3, 0.4) is 0 Å². The number of hydrogen-bond donors (Lipinski definition) is 3. The van der Waals surface area contributed by atoms with E-state index in [4.69, 9.17) is 9.84 Å². The van der Waals surface area contributed by atoms with Gasteiger partial charge in [-0.3, -0.25) is 15.0 Å². The molecule has 0 aliphatic carbocycles. The molecular formula is C10H21N3O4. The summed E-state index contributed by atoms with van der Waals surface area (Å²) < 4.78 is 4.74. The van der Waals surface area contributed by atoms with E-state index in [2.05, 4.69) is 10.6 Å². The lowest BCUT2D eigenvalue weighted by Gasteiger charge is -2.17. The summed E-state index contributed by atoms with van der Waals surface area (Å²) in [6, 6.07) is -0.544. The number of carbonyl (C=O) groups is 2. The Labute approximate surface area is 101 Å². The maximum Gasteiger partial charge on any atom is 0.321 e. The molecule has 1 atom stereocenters. The third kappa shape index (κ3) is 9.73. The fourth-order valence-corrected chi connectivity index (χ4v) is 1.24. The topological polar surface area (TPSA) is 90.9 Å². The standard InChI is InChI=1S/C10H21N3O4/c1-8(14)6-13(2)7-9(15)12-10(16)11-4-5-17-3/h8,14H,4-7H2,1-3H3,(H2,11,12,15,16). The van der Waals surface area contributed by atoms with E-state index in [0.29, 0.717) is 19.7 Å². The van der Waals surface area contributed by atoms with E-state index in [-0.39, 0.29) is 6.54 Å². The summed E-state index contributed by atoms with van der Waals surface area (Å²) in [6.45, 7) is 2.80. The number of nitrogens with zero attached hydrogens (tertiary/aromatic N) is 1. The number of aliphatic hydroxyl groups excluding tert-OH is 1. The molecule has 0 aliphatic rings. The summed E-state index contributed by atoms with van der Waals surface area (Å²) in [4.78, 5) is 24.1. The van der Waals surface area contributed by atoms with Gasteiger partial charge >= 0.3 is 6.03 Å². The maximum absolute atomic E-state index is 11.4. The first-order valence-corrected chi connectivity index (χ1v) is 5.39. The summed E-state index contributed by atoms with van der Waals surface area (Å²) >= 11 is 0. The second-order valence-electron chi connectivity index (χ2n) is 3.84. The quantitative estimate of drug-likeness (QED) is 0.490. The fraction of sp³-hybridized carbons (Fsp3) is 0.800. The molecule has 17 heavy (non-hydrogen) atoms. The van der Waals surface area contributed by atoms with Crippen molar-refractivity contribution in [1.29, 1.82) is 0 Å². The number of urea groups is 1. The Bertz CT molecular complexity index is 246. The normalized spacial score (nSPS) is 12.3. The molecule has 0 aromatic heterocycles. The van der Waals surface area contributed by atoms with Crippen molar-refractivity contribution >= 4 is 11.9 Å². The number of rotatable bonds is 7. The monoisotopic (exact) mass is 247 g/mol. The van der Waals surface area contributed by atoms with Gasteiger partial charge in [0.05, 0.1) is 19.3 Å². The first kappa shape index (κ1) is 15.8. The van der Waals surface area contributed by atoms with Crippen molar-refractivity contribution in [2.45, 2.75) is 13.0 Å². The Kier molecular flexibility index (Phi) is 8.29. The van der Waals surface area contributed by atoms with Gasteiger partial charge in [-0.05, 0) is 14.0 Å². The van der Waals surface area contributed by atoms with E-state index in [1.807, 2.05) is 0 Å². The zero-order chi connectivity index (χ0) is 13.3. The summed E-state index contributed by atoms with van der Waals surface area (Å²) in [5.41, 5.74) is 0. The SMILES string of the molecule is COCCNC(=O)NC(=O)CN(C)CC(C)O. The van der Waals surface area contributed by atoms with Crippen LogP contribution in [0.25, 0.3) is 0 Å². The highest BCUT2D eigenvalue weighted by atomic mass is 16.5. The van der Waals surface area contributed by atoms with Crippen molar-refractivity contribution in [1.82, 2.24) is 15.5 Å². The lowest BCUT2D eigenvalue weighted by atomic mass is 10.3. The van der Waals surface area contributed by atoms with Gasteiger partial charge in [0.25, 0.3) is 0 Å². The number of imide groups is 1. The largest absolute Gasteiger partial charge is 0.392 e. The minimum atomic E-state index is -0.544. The molecule has 3 N–H and O–H groups in total. The molecular weight excluding hydrogens is 226 g/mol. The molecule has 7 heteroatoms. The van der Waals surface area contributed by atoms with Crippen LogP contribution in [0.15, 0.2) is 0 Å². The summed E-state index contributed by atoms with van der Waals surface area (Å²) in [6.07, 6.45) is -0.511. The number of ether oxygens (including phenoxy) is 1. The number of aliphatic hydroxyl groups is 1. The van der Waals surface area contributed by atoms with Crippen molar-refractivity contribution in [3.63, 3.8) is 0 Å². The van der Waals surface area contributed by atoms with Gasteiger partial charge in [0.15, 0.2) is 0 Å². The average molecular weight is 247 g/mol. The number of nitrogens with one attached hydrogen (secondary N) is 2. The lowest BCUT2D eigenvalue weighted by molar-refractivity contribution is -0.121. The van der Waals surface area contributed by atoms with Gasteiger partial charge in [-0.15, -0.1) is 0 Å². The molecule has 0 radical (unpaired) electrons. The molecule has 0 spiro atoms. The first-order chi connectivity index (χ1) is 7.95. The Balaban J connectivity index is 3.73. The second-order valence-corrected chi connectivity index (χ2v) is 3.84. The van der Waals surface area contributed by atoms with E-state index in [0.717, 1.165) is 0 Å². The zero-order valence-corrected chi connectivity index (χ0v) is 10.5. The summed E-state index contributed by atoms with van der Waals surface area (Å²) in [7, 11) is 3.21. The molecule has 0 heterocycles. The van der Waals surface area contributed by atoms with Crippen LogP contribution < -0.4 is 10.6 Å². The van der Waals surface area contributed by atoms with Crippen LogP contribution in [0.1, 0.15) is 6.92 Å². The predicted molar refractivity (Wildman–Crippen MR) is 62.6 cm³/mol. The Morgan fingerprint density at radius 2 is 2.12 bits per heavy atom. The minimum absolute atomic E-state index is 0.0581. The van der Waals surface area contributed by atoms with Crippen LogP contribution in [0.5, 0.6) is 0 Å². The van der Waals surface area contributed by atoms with Crippen LogP contribution in [-0.2, 0) is 9.53 Å². The molecule has 0 saturated carbocycles. The molecule has 0 aliphatic heterocycles. The predicted octanol–water partition coefficient (Wildman–Crippen LogP) is -1.23. The van der Waals surface area contributed by atoms with Gasteiger partial charge in [-0.25, -0.2) is 4.79 Å². The zero-order valence-electron chi connectivity index (χ0n) is 10.5. The molecule has 0 aromatic carbocycles. The van der Waals surface area contributed by atoms with E-state index in [1.165, 1.54) is 7.11 Å². The molecule has 0 fully saturated rings. The highest BCUT2D eigenvalue weighted by molar-refractivity contribution is 5.95. The first-order valence-electron chi connectivity index (χ1n) is 5.39. The average Bonchev–Trinajstić information content (AvgIpc) is 2.15. The highest BCUT2D eigenvalue weighted by Gasteiger charge is 2.11. The van der Waals surface area contributed by atoms with Crippen LogP contribution in [-0.4, -0.2) is 68.4 Å². The van der Waals surface area contributed by atoms with E-state index < -0.39 is 18.0 Å². The van der Waals surface area contributed by atoms with Crippen LogP contribution in [0, 0.1) is 0 Å². The van der Waals surface area contributed by atoms with Crippen molar-refractivity contribution in [3.05, 3.63) is 0 Å². The molecule has 100 valence electrons. The van der Waals surface area contributed by atoms with Crippen LogP contribution >= 0.6 is 0 Å². The van der Waals surface area contributed by atoms with E-state index in [1.54, 1.807) is 18.9 Å². The number of carbonyl (C=O) groups excluding carboxylic acids is 2. The second kappa shape index (κ2) is 8.91. The highest BCUT2D eigenvalue weighted by Crippen LogP contribution is 1.87. The maximum atomic E-state index is 11.4. The third-order valence-electron chi connectivity index (χ3n) is 1.83. The van der Waals surface area contributed by atoms with Crippen molar-refractivity contribution in [2.75, 3.05) is 40.4 Å². The number of amides is 3. The molecule has 1 unspecified atom stereocenters. The lowest BCUT2D eigenvalue weighted by Crippen LogP contribution is -2.45. The third-order valence-corrected chi connectivity index (χ3v) is 1.83. The summed E-state index contributed by atoms with van der Waals surface area (Å²) in [5.74, 6) is -0.414. The van der Waals surface area contributed by atoms with Crippen molar-refractivity contribution in [3.8, 4) is 0 Å². The number of hydrogen-bond acceptors (Lipinski definition) is 5. The van der Waals surface area contributed by atoms with Crippen LogP contribution in [0.4, 0.5) is 4.79 Å². The van der Waals surface area contributed by atoms with Crippen molar-refractivity contribution < 1.29 is 19.4 Å². The van der Waals surface area contributed by atoms with Crippen LogP contribution in [0.2, 0.25) is 0 Å². The van der Waals surface area contributed by atoms with Gasteiger partial charge in [0.1, 0.15) is 0 Å². The molecule has 0 aromatic rings. The molecule has 0 bridgehead atoms. The van der Waals surface area contributed by atoms with E-state index in [9.17, 15) is 9.59 Å². The van der Waals surface area contributed by atoms with Gasteiger partial charge in [0.2, 0.25) is 5.91 Å². The van der Waals surface area contributed by atoms with Gasteiger partial charge < -0.3 is 15.2 Å². The Morgan fingerprint density at radius 1 is 1.47 bits per heavy atom. The molecule has 7 nitrogen and oxygen atoms in total. The summed E-state index contributed by atoms with van der Waals surface area (Å²) in [5, 5.41) is 13.7. The number of methoxy groups -OCH3 is 1. The Morgan fingerprint density at radius 3 is 2.65 bits per heavy atom. The molecule has 3 amide bonds. The van der Waals surface area contributed by atoms with Gasteiger partial charge in [-0.1, -0.05) is 0 Å². The number of likely N-dealkylation sites (N-methyl/N-ethyl adjacent to an activating group) is 1. The Hall–Kier alpha value is -1.18.